The summed E-state index contributed by atoms with van der Waals surface area (Å²) >= 11 is 0. The van der Waals surface area contributed by atoms with Gasteiger partial charge in [0.05, 0.1) is 4.90 Å². The Morgan fingerprint density at radius 2 is 2.04 bits per heavy atom. The summed E-state index contributed by atoms with van der Waals surface area (Å²) in [7, 11) is -3.57. The van der Waals surface area contributed by atoms with Crippen LogP contribution in [-0.4, -0.2) is 59.5 Å². The summed E-state index contributed by atoms with van der Waals surface area (Å²) in [4.78, 5) is 18.6. The minimum atomic E-state index is -3.57. The van der Waals surface area contributed by atoms with E-state index in [4.69, 9.17) is 4.84 Å². The second kappa shape index (κ2) is 8.22. The maximum absolute atomic E-state index is 12.9. The van der Waals surface area contributed by atoms with E-state index >= 15 is 0 Å². The maximum atomic E-state index is 12.9. The molecule has 0 saturated carbocycles. The van der Waals surface area contributed by atoms with Crippen LogP contribution in [-0.2, 0) is 14.8 Å². The summed E-state index contributed by atoms with van der Waals surface area (Å²) in [6.45, 7) is 4.71. The van der Waals surface area contributed by atoms with Crippen molar-refractivity contribution < 1.29 is 18.0 Å². The van der Waals surface area contributed by atoms with E-state index in [1.807, 2.05) is 13.8 Å². The quantitative estimate of drug-likeness (QED) is 0.748. The van der Waals surface area contributed by atoms with Crippen LogP contribution in [0.3, 0.4) is 0 Å². The van der Waals surface area contributed by atoms with Gasteiger partial charge in [0.25, 0.3) is 5.91 Å². The van der Waals surface area contributed by atoms with Gasteiger partial charge < -0.3 is 10.2 Å². The number of amides is 1. The highest BCUT2D eigenvalue weighted by Gasteiger charge is 2.26. The second-order valence-electron chi connectivity index (χ2n) is 6.73. The van der Waals surface area contributed by atoms with Crippen molar-refractivity contribution in [2.45, 2.75) is 50.5 Å². The predicted molar refractivity (Wildman–Crippen MR) is 99.5 cm³/mol. The number of benzene rings is 1. The normalized spacial score (nSPS) is 17.0. The minimum absolute atomic E-state index is 0.0508. The summed E-state index contributed by atoms with van der Waals surface area (Å²) in [6, 6.07) is 4.67. The van der Waals surface area contributed by atoms with Gasteiger partial charge in [-0.3, -0.25) is 4.79 Å². The molecule has 27 heavy (non-hydrogen) atoms. The molecule has 1 amide bonds. The zero-order valence-corrected chi connectivity index (χ0v) is 16.4. The minimum Gasteiger partial charge on any atom is -0.385 e. The lowest BCUT2D eigenvalue weighted by Gasteiger charge is -2.25. The molecule has 148 valence electrons. The Morgan fingerprint density at radius 3 is 2.74 bits per heavy atom. The molecule has 0 radical (unpaired) electrons. The van der Waals surface area contributed by atoms with Crippen molar-refractivity contribution in [3.05, 3.63) is 18.2 Å². The summed E-state index contributed by atoms with van der Waals surface area (Å²) in [6.07, 6.45) is 3.61. The van der Waals surface area contributed by atoms with Crippen molar-refractivity contribution in [2.75, 3.05) is 19.7 Å². The Kier molecular flexibility index (Phi) is 5.95. The zero-order chi connectivity index (χ0) is 19.4. The SMILES string of the molecule is CC[C@@H](C)NC(=O)COn1nnc2ccc(S(=O)(=O)N3CCCCC3)cc21. The van der Waals surface area contributed by atoms with E-state index in [0.29, 0.717) is 24.1 Å². The third kappa shape index (κ3) is 4.38. The van der Waals surface area contributed by atoms with Crippen LogP contribution in [0.1, 0.15) is 39.5 Å². The van der Waals surface area contributed by atoms with Gasteiger partial charge in [-0.1, -0.05) is 18.2 Å². The van der Waals surface area contributed by atoms with Crippen LogP contribution in [0.2, 0.25) is 0 Å². The number of fused-ring (bicyclic) bond motifs is 1. The van der Waals surface area contributed by atoms with Crippen molar-refractivity contribution in [3.63, 3.8) is 0 Å². The van der Waals surface area contributed by atoms with E-state index in [1.54, 1.807) is 6.07 Å². The van der Waals surface area contributed by atoms with Gasteiger partial charge in [-0.2, -0.15) is 4.31 Å². The molecule has 1 aliphatic rings. The number of carbonyl (C=O) groups is 1. The van der Waals surface area contributed by atoms with E-state index < -0.39 is 10.0 Å². The predicted octanol–water partition coefficient (Wildman–Crippen LogP) is 0.949. The zero-order valence-electron chi connectivity index (χ0n) is 15.6. The van der Waals surface area contributed by atoms with E-state index in [-0.39, 0.29) is 23.5 Å². The summed E-state index contributed by atoms with van der Waals surface area (Å²) < 4.78 is 27.2. The van der Waals surface area contributed by atoms with Crippen molar-refractivity contribution >= 4 is 27.0 Å². The molecular weight excluding hydrogens is 370 g/mol. The third-order valence-corrected chi connectivity index (χ3v) is 6.57. The summed E-state index contributed by atoms with van der Waals surface area (Å²) in [5.74, 6) is -0.273. The molecule has 9 nitrogen and oxygen atoms in total. The first-order valence-electron chi connectivity index (χ1n) is 9.20. The maximum Gasteiger partial charge on any atom is 0.260 e. The van der Waals surface area contributed by atoms with Gasteiger partial charge in [0.1, 0.15) is 11.0 Å². The molecule has 2 heterocycles. The standard InChI is InChI=1S/C17H25N5O4S/c1-3-13(2)18-17(23)12-26-22-16-11-14(7-8-15(16)19-20-22)27(24,25)21-9-5-4-6-10-21/h7-8,11,13H,3-6,9-10,12H2,1-2H3,(H,18,23)/t13-/m1/s1. The number of rotatable bonds is 7. The number of nitrogens with one attached hydrogen (secondary N) is 1. The fourth-order valence-electron chi connectivity index (χ4n) is 2.93. The first-order chi connectivity index (χ1) is 12.9. The lowest BCUT2D eigenvalue weighted by molar-refractivity contribution is -0.126. The molecule has 1 saturated heterocycles. The van der Waals surface area contributed by atoms with Crippen LogP contribution in [0.25, 0.3) is 11.0 Å². The molecule has 1 aromatic carbocycles. The van der Waals surface area contributed by atoms with Gasteiger partial charge in [-0.05, 0) is 49.6 Å². The Labute approximate surface area is 158 Å². The molecule has 1 N–H and O–H groups in total. The Balaban J connectivity index is 1.78. The van der Waals surface area contributed by atoms with E-state index in [2.05, 4.69) is 15.6 Å². The van der Waals surface area contributed by atoms with Crippen LogP contribution >= 0.6 is 0 Å². The number of hydrogen-bond donors (Lipinski definition) is 1. The van der Waals surface area contributed by atoms with Crippen LogP contribution in [0, 0.1) is 0 Å². The molecule has 10 heteroatoms. The second-order valence-corrected chi connectivity index (χ2v) is 8.67. The fraction of sp³-hybridized carbons (Fsp3) is 0.588. The number of piperidine rings is 1. The summed E-state index contributed by atoms with van der Waals surface area (Å²) in [5.41, 5.74) is 0.902. The number of sulfonamides is 1. The average Bonchev–Trinajstić information content (AvgIpc) is 3.09. The molecule has 2 aromatic rings. The molecule has 1 aromatic heterocycles. The average molecular weight is 395 g/mol. The Bertz CT molecular complexity index is 905. The molecule has 1 atom stereocenters. The Morgan fingerprint density at radius 1 is 1.30 bits per heavy atom. The van der Waals surface area contributed by atoms with Gasteiger partial charge >= 0.3 is 0 Å². The summed E-state index contributed by atoms with van der Waals surface area (Å²) in [5, 5.41) is 10.6. The first kappa shape index (κ1) is 19.6. The van der Waals surface area contributed by atoms with Gasteiger partial charge in [0.2, 0.25) is 10.0 Å². The molecule has 0 aliphatic carbocycles. The van der Waals surface area contributed by atoms with Crippen LogP contribution in [0.4, 0.5) is 0 Å². The van der Waals surface area contributed by atoms with Crippen LogP contribution in [0.15, 0.2) is 23.1 Å². The third-order valence-electron chi connectivity index (χ3n) is 4.68. The van der Waals surface area contributed by atoms with Gasteiger partial charge in [-0.15, -0.1) is 5.10 Å². The monoisotopic (exact) mass is 395 g/mol. The van der Waals surface area contributed by atoms with Gasteiger partial charge in [-0.25, -0.2) is 8.42 Å². The van der Waals surface area contributed by atoms with Crippen LogP contribution < -0.4 is 10.2 Å². The van der Waals surface area contributed by atoms with Crippen molar-refractivity contribution in [2.24, 2.45) is 0 Å². The number of carbonyl (C=O) groups excluding carboxylic acids is 1. The van der Waals surface area contributed by atoms with Crippen LogP contribution in [0.5, 0.6) is 0 Å². The van der Waals surface area contributed by atoms with Crippen molar-refractivity contribution in [3.8, 4) is 0 Å². The topological polar surface area (TPSA) is 106 Å². The molecule has 1 fully saturated rings. The van der Waals surface area contributed by atoms with Crippen molar-refractivity contribution in [1.82, 2.24) is 24.8 Å². The van der Waals surface area contributed by atoms with E-state index in [9.17, 15) is 13.2 Å². The molecule has 0 spiro atoms. The highest BCUT2D eigenvalue weighted by molar-refractivity contribution is 7.89. The highest BCUT2D eigenvalue weighted by Crippen LogP contribution is 2.23. The molecule has 3 rings (SSSR count). The molecule has 1 aliphatic heterocycles. The van der Waals surface area contributed by atoms with Gasteiger partial charge in [0, 0.05) is 19.1 Å². The van der Waals surface area contributed by atoms with E-state index in [0.717, 1.165) is 30.5 Å². The fourth-order valence-corrected chi connectivity index (χ4v) is 4.46. The highest BCUT2D eigenvalue weighted by atomic mass is 32.2. The lowest BCUT2D eigenvalue weighted by atomic mass is 10.2. The first-order valence-corrected chi connectivity index (χ1v) is 10.6. The van der Waals surface area contributed by atoms with Gasteiger partial charge in [0.15, 0.2) is 6.61 Å². The lowest BCUT2D eigenvalue weighted by Crippen LogP contribution is -2.37. The van der Waals surface area contributed by atoms with E-state index in [1.165, 1.54) is 16.4 Å². The molecular formula is C17H25N5O4S. The number of hydrogen-bond acceptors (Lipinski definition) is 6. The number of aromatic nitrogens is 3. The Hall–Kier alpha value is -2.20. The smallest absolute Gasteiger partial charge is 0.260 e. The number of nitrogens with zero attached hydrogens (tertiary/aromatic N) is 4. The molecule has 0 bridgehead atoms. The van der Waals surface area contributed by atoms with Crippen molar-refractivity contribution in [1.29, 1.82) is 0 Å². The largest absolute Gasteiger partial charge is 0.385 e. The molecule has 0 unspecified atom stereocenters.